The molecule has 2 N–H and O–H groups in total. The van der Waals surface area contributed by atoms with E-state index in [1.54, 1.807) is 23.2 Å². The summed E-state index contributed by atoms with van der Waals surface area (Å²) in [5.74, 6) is -0.282. The number of nitrogens with zero attached hydrogens (tertiary/aromatic N) is 2. The quantitative estimate of drug-likeness (QED) is 0.812. The van der Waals surface area contributed by atoms with Gasteiger partial charge in [-0.2, -0.15) is 0 Å². The molecule has 1 heterocycles. The molecule has 0 unspecified atom stereocenters. The molecule has 0 radical (unpaired) electrons. The van der Waals surface area contributed by atoms with Gasteiger partial charge in [-0.3, -0.25) is 0 Å². The van der Waals surface area contributed by atoms with Crippen molar-refractivity contribution < 1.29 is 4.39 Å². The largest absolute Gasteiger partial charge is 0.326 e. The van der Waals surface area contributed by atoms with Gasteiger partial charge in [0.05, 0.1) is 17.7 Å². The van der Waals surface area contributed by atoms with Crippen LogP contribution in [0.1, 0.15) is 11.3 Å². The second kappa shape index (κ2) is 3.82. The molecule has 0 saturated heterocycles. The minimum absolute atomic E-state index is 0.282. The smallest absolute Gasteiger partial charge is 0.147 e. The third-order valence-corrected chi connectivity index (χ3v) is 2.24. The summed E-state index contributed by atoms with van der Waals surface area (Å²) in [6.07, 6.45) is 3.37. The number of aryl methyl sites for hydroxylation is 1. The fraction of sp³-hybridized carbons (Fsp3) is 0.182. The van der Waals surface area contributed by atoms with E-state index in [1.807, 2.05) is 13.0 Å². The fourth-order valence-electron chi connectivity index (χ4n) is 1.44. The first-order chi connectivity index (χ1) is 7.20. The van der Waals surface area contributed by atoms with Crippen LogP contribution in [0.3, 0.4) is 0 Å². The maximum absolute atomic E-state index is 13.6. The van der Waals surface area contributed by atoms with Crippen molar-refractivity contribution in [3.05, 3.63) is 47.8 Å². The van der Waals surface area contributed by atoms with Crippen LogP contribution in [-0.4, -0.2) is 9.55 Å². The van der Waals surface area contributed by atoms with Gasteiger partial charge in [-0.25, -0.2) is 9.37 Å². The Morgan fingerprint density at radius 2 is 2.27 bits per heavy atom. The standard InChI is InChI=1S/C11H12FN3/c1-8-6-15(7-14-8)11-3-2-9(5-13)4-10(11)12/h2-4,6-7H,5,13H2,1H3. The number of imidazole rings is 1. The van der Waals surface area contributed by atoms with Crippen LogP contribution in [0, 0.1) is 12.7 Å². The number of hydrogen-bond acceptors (Lipinski definition) is 2. The SMILES string of the molecule is Cc1cn(-c2ccc(CN)cc2F)cn1. The van der Waals surface area contributed by atoms with Gasteiger partial charge >= 0.3 is 0 Å². The number of aromatic nitrogens is 2. The molecule has 15 heavy (non-hydrogen) atoms. The number of halogens is 1. The predicted molar refractivity (Wildman–Crippen MR) is 56.2 cm³/mol. The highest BCUT2D eigenvalue weighted by molar-refractivity contribution is 5.36. The summed E-state index contributed by atoms with van der Waals surface area (Å²) in [5.41, 5.74) is 7.56. The molecule has 0 atom stereocenters. The molecule has 1 aromatic carbocycles. The van der Waals surface area contributed by atoms with Gasteiger partial charge in [0.15, 0.2) is 0 Å². The highest BCUT2D eigenvalue weighted by atomic mass is 19.1. The lowest BCUT2D eigenvalue weighted by molar-refractivity contribution is 0.615. The van der Waals surface area contributed by atoms with Crippen LogP contribution in [0.4, 0.5) is 4.39 Å². The van der Waals surface area contributed by atoms with Crippen molar-refractivity contribution in [3.63, 3.8) is 0 Å². The van der Waals surface area contributed by atoms with Crippen molar-refractivity contribution in [1.82, 2.24) is 9.55 Å². The molecule has 3 nitrogen and oxygen atoms in total. The first-order valence-electron chi connectivity index (χ1n) is 4.70. The van der Waals surface area contributed by atoms with Crippen molar-refractivity contribution in [2.45, 2.75) is 13.5 Å². The zero-order valence-corrected chi connectivity index (χ0v) is 8.44. The maximum atomic E-state index is 13.6. The summed E-state index contributed by atoms with van der Waals surface area (Å²) < 4.78 is 15.3. The Balaban J connectivity index is 2.45. The summed E-state index contributed by atoms with van der Waals surface area (Å²) in [5, 5.41) is 0. The van der Waals surface area contributed by atoms with Gasteiger partial charge < -0.3 is 10.3 Å². The van der Waals surface area contributed by atoms with Gasteiger partial charge in [0.2, 0.25) is 0 Å². The summed E-state index contributed by atoms with van der Waals surface area (Å²) in [6, 6.07) is 4.97. The molecule has 0 aliphatic rings. The molecule has 0 aliphatic carbocycles. The van der Waals surface area contributed by atoms with E-state index in [-0.39, 0.29) is 5.82 Å². The Hall–Kier alpha value is -1.68. The van der Waals surface area contributed by atoms with E-state index in [1.165, 1.54) is 6.07 Å². The molecule has 0 aliphatic heterocycles. The molecule has 2 rings (SSSR count). The van der Waals surface area contributed by atoms with Crippen molar-refractivity contribution in [2.75, 3.05) is 0 Å². The Bertz CT molecular complexity index is 476. The molecule has 0 amide bonds. The second-order valence-electron chi connectivity index (χ2n) is 3.41. The van der Waals surface area contributed by atoms with Crippen molar-refractivity contribution in [3.8, 4) is 5.69 Å². The van der Waals surface area contributed by atoms with Crippen LogP contribution in [0.2, 0.25) is 0 Å². The number of nitrogens with two attached hydrogens (primary N) is 1. The summed E-state index contributed by atoms with van der Waals surface area (Å²) in [4.78, 5) is 4.05. The van der Waals surface area contributed by atoms with E-state index in [4.69, 9.17) is 5.73 Å². The minimum Gasteiger partial charge on any atom is -0.326 e. The number of hydrogen-bond donors (Lipinski definition) is 1. The van der Waals surface area contributed by atoms with E-state index in [2.05, 4.69) is 4.98 Å². The van der Waals surface area contributed by atoms with E-state index in [0.29, 0.717) is 12.2 Å². The highest BCUT2D eigenvalue weighted by Crippen LogP contribution is 2.15. The van der Waals surface area contributed by atoms with Crippen molar-refractivity contribution in [1.29, 1.82) is 0 Å². The molecular weight excluding hydrogens is 193 g/mol. The topological polar surface area (TPSA) is 43.8 Å². The van der Waals surface area contributed by atoms with Crippen LogP contribution in [-0.2, 0) is 6.54 Å². The zero-order valence-electron chi connectivity index (χ0n) is 8.44. The number of benzene rings is 1. The van der Waals surface area contributed by atoms with Crippen molar-refractivity contribution >= 4 is 0 Å². The molecule has 2 aromatic rings. The van der Waals surface area contributed by atoms with Gasteiger partial charge in [0.1, 0.15) is 5.82 Å². The van der Waals surface area contributed by atoms with Gasteiger partial charge in [-0.1, -0.05) is 6.07 Å². The van der Waals surface area contributed by atoms with E-state index in [0.717, 1.165) is 11.3 Å². The Kier molecular flexibility index (Phi) is 2.51. The van der Waals surface area contributed by atoms with Gasteiger partial charge in [-0.15, -0.1) is 0 Å². The third-order valence-electron chi connectivity index (χ3n) is 2.24. The van der Waals surface area contributed by atoms with Crippen molar-refractivity contribution in [2.24, 2.45) is 5.73 Å². The van der Waals surface area contributed by atoms with Crippen LogP contribution in [0.15, 0.2) is 30.7 Å². The number of rotatable bonds is 2. The first kappa shape index (κ1) is 9.86. The van der Waals surface area contributed by atoms with E-state index in [9.17, 15) is 4.39 Å². The van der Waals surface area contributed by atoms with Gasteiger partial charge in [0, 0.05) is 12.7 Å². The summed E-state index contributed by atoms with van der Waals surface area (Å²) in [6.45, 7) is 2.21. The third kappa shape index (κ3) is 1.89. The lowest BCUT2D eigenvalue weighted by Gasteiger charge is -2.05. The minimum atomic E-state index is -0.282. The molecule has 0 saturated carbocycles. The Morgan fingerprint density at radius 3 is 2.80 bits per heavy atom. The van der Waals surface area contributed by atoms with E-state index >= 15 is 0 Å². The maximum Gasteiger partial charge on any atom is 0.147 e. The molecule has 0 spiro atoms. The Labute approximate surface area is 87.4 Å². The fourth-order valence-corrected chi connectivity index (χ4v) is 1.44. The lowest BCUT2D eigenvalue weighted by Crippen LogP contribution is -2.00. The lowest BCUT2D eigenvalue weighted by atomic mass is 10.2. The normalized spacial score (nSPS) is 10.6. The van der Waals surface area contributed by atoms with Crippen LogP contribution in [0.25, 0.3) is 5.69 Å². The van der Waals surface area contributed by atoms with Crippen LogP contribution >= 0.6 is 0 Å². The summed E-state index contributed by atoms with van der Waals surface area (Å²) >= 11 is 0. The molecule has 78 valence electrons. The molecule has 1 aromatic heterocycles. The van der Waals surface area contributed by atoms with Gasteiger partial charge in [0.25, 0.3) is 0 Å². The molecular formula is C11H12FN3. The average molecular weight is 205 g/mol. The predicted octanol–water partition coefficient (Wildman–Crippen LogP) is 1.78. The summed E-state index contributed by atoms with van der Waals surface area (Å²) in [7, 11) is 0. The molecule has 4 heteroatoms. The van der Waals surface area contributed by atoms with E-state index < -0.39 is 0 Å². The monoisotopic (exact) mass is 205 g/mol. The average Bonchev–Trinajstić information content (AvgIpc) is 2.64. The van der Waals surface area contributed by atoms with Crippen LogP contribution in [0.5, 0.6) is 0 Å². The zero-order chi connectivity index (χ0) is 10.8. The molecule has 0 bridgehead atoms. The van der Waals surface area contributed by atoms with Crippen LogP contribution < -0.4 is 5.73 Å². The first-order valence-corrected chi connectivity index (χ1v) is 4.70. The highest BCUT2D eigenvalue weighted by Gasteiger charge is 2.05. The second-order valence-corrected chi connectivity index (χ2v) is 3.41. The Morgan fingerprint density at radius 1 is 1.47 bits per heavy atom. The molecule has 0 fully saturated rings. The van der Waals surface area contributed by atoms with Gasteiger partial charge in [-0.05, 0) is 24.6 Å².